The third-order valence-electron chi connectivity index (χ3n) is 5.73. The molecule has 154 valence electrons. The van der Waals surface area contributed by atoms with Gasteiger partial charge in [0.1, 0.15) is 5.82 Å². The van der Waals surface area contributed by atoms with Crippen molar-refractivity contribution in [3.63, 3.8) is 0 Å². The van der Waals surface area contributed by atoms with Crippen LogP contribution in [0.4, 0.5) is 5.69 Å². The first-order valence-electron chi connectivity index (χ1n) is 10.1. The Bertz CT molecular complexity index is 993. The van der Waals surface area contributed by atoms with E-state index in [1.165, 1.54) is 28.5 Å². The number of aryl methyl sites for hydroxylation is 4. The Labute approximate surface area is 173 Å². The Morgan fingerprint density at radius 3 is 2.48 bits per heavy atom. The lowest BCUT2D eigenvalue weighted by Crippen LogP contribution is -2.21. The highest BCUT2D eigenvalue weighted by molar-refractivity contribution is 7.77. The summed E-state index contributed by atoms with van der Waals surface area (Å²) >= 11 is -2.52. The van der Waals surface area contributed by atoms with Gasteiger partial charge in [-0.25, -0.2) is 4.98 Å². The summed E-state index contributed by atoms with van der Waals surface area (Å²) in [6, 6.07) is 2.31. The molecule has 2 aliphatic carbocycles. The van der Waals surface area contributed by atoms with Crippen molar-refractivity contribution in [2.75, 3.05) is 5.32 Å². The van der Waals surface area contributed by atoms with E-state index in [2.05, 4.69) is 21.1 Å². The van der Waals surface area contributed by atoms with E-state index < -0.39 is 11.3 Å². The molecule has 2 N–H and O–H groups in total. The van der Waals surface area contributed by atoms with Crippen LogP contribution in [-0.4, -0.2) is 24.2 Å². The van der Waals surface area contributed by atoms with Crippen LogP contribution in [0.25, 0.3) is 5.57 Å². The number of rotatable bonds is 6. The van der Waals surface area contributed by atoms with Gasteiger partial charge in [0, 0.05) is 35.9 Å². The highest BCUT2D eigenvalue weighted by Crippen LogP contribution is 2.39. The third-order valence-corrected chi connectivity index (χ3v) is 6.04. The number of nitrogens with zero attached hydrogens (tertiary/aromatic N) is 2. The van der Waals surface area contributed by atoms with Crippen LogP contribution in [0, 0.1) is 6.92 Å². The minimum absolute atomic E-state index is 0.200. The number of hydrogen-bond acceptors (Lipinski definition) is 4. The molecule has 0 saturated carbocycles. The number of nitrogens with one attached hydrogen (secondary N) is 2. The van der Waals surface area contributed by atoms with E-state index in [0.717, 1.165) is 49.9 Å². The summed E-state index contributed by atoms with van der Waals surface area (Å²) in [5.74, 6) is 0.0994. The van der Waals surface area contributed by atoms with Crippen LogP contribution < -0.4 is 10.0 Å². The van der Waals surface area contributed by atoms with Crippen molar-refractivity contribution in [3.05, 3.63) is 52.2 Å². The van der Waals surface area contributed by atoms with Crippen molar-refractivity contribution in [3.8, 4) is 0 Å². The molecule has 0 spiro atoms. The summed E-state index contributed by atoms with van der Waals surface area (Å²) < 4.78 is 26.2. The van der Waals surface area contributed by atoms with Crippen LogP contribution >= 0.6 is 0 Å². The van der Waals surface area contributed by atoms with Gasteiger partial charge in [-0.1, -0.05) is 6.07 Å². The fourth-order valence-electron chi connectivity index (χ4n) is 4.49. The summed E-state index contributed by atoms with van der Waals surface area (Å²) in [5, 5.41) is 3.12. The first kappa shape index (κ1) is 19.8. The monoisotopic (exact) mass is 413 g/mol. The Balaban J connectivity index is 1.73. The standard InChI is InChI=1S/C21H26N4O3S/c1-3-25-12-13(2)23-20(25)18(11-22-29(27)28)21(26)24-19-16-8-4-6-14(16)10-15-7-5-9-17(15)19/h10-12,22H,3-9H2,1-2H3,(H,24,26)(H,27,28)/p-1/b18-11+. The maximum absolute atomic E-state index is 13.3. The lowest BCUT2D eigenvalue weighted by Gasteiger charge is -2.17. The summed E-state index contributed by atoms with van der Waals surface area (Å²) in [5.41, 5.74) is 7.02. The molecule has 0 radical (unpaired) electrons. The van der Waals surface area contributed by atoms with Crippen LogP contribution in [0.5, 0.6) is 0 Å². The van der Waals surface area contributed by atoms with Crippen molar-refractivity contribution >= 4 is 28.4 Å². The van der Waals surface area contributed by atoms with Crippen LogP contribution in [0.1, 0.15) is 53.5 Å². The first-order chi connectivity index (χ1) is 14.0. The lowest BCUT2D eigenvalue weighted by atomic mass is 9.98. The second-order valence-electron chi connectivity index (χ2n) is 7.59. The number of benzene rings is 1. The molecule has 0 saturated heterocycles. The number of amides is 1. The molecule has 2 aromatic rings. The number of hydrogen-bond donors (Lipinski definition) is 2. The van der Waals surface area contributed by atoms with Gasteiger partial charge >= 0.3 is 0 Å². The van der Waals surface area contributed by atoms with E-state index in [4.69, 9.17) is 0 Å². The van der Waals surface area contributed by atoms with Gasteiger partial charge in [-0.3, -0.25) is 9.00 Å². The smallest absolute Gasteiger partial charge is 0.260 e. The predicted molar refractivity (Wildman–Crippen MR) is 112 cm³/mol. The minimum atomic E-state index is -2.52. The molecule has 1 aromatic heterocycles. The van der Waals surface area contributed by atoms with Crippen molar-refractivity contribution in [1.29, 1.82) is 0 Å². The molecule has 8 heteroatoms. The molecular weight excluding hydrogens is 388 g/mol. The summed E-state index contributed by atoms with van der Waals surface area (Å²) in [7, 11) is 0. The van der Waals surface area contributed by atoms with Crippen LogP contribution in [-0.2, 0) is 48.3 Å². The summed E-state index contributed by atoms with van der Waals surface area (Å²) in [6.45, 7) is 4.43. The Hall–Kier alpha value is -2.45. The number of carbonyl (C=O) groups excluding carboxylic acids is 1. The molecule has 0 fully saturated rings. The van der Waals surface area contributed by atoms with Gasteiger partial charge in [-0.05, 0) is 74.6 Å². The zero-order valence-corrected chi connectivity index (χ0v) is 17.5. The average Bonchev–Trinajstić information content (AvgIpc) is 3.40. The number of anilines is 1. The van der Waals surface area contributed by atoms with Gasteiger partial charge in [-0.15, -0.1) is 0 Å². The summed E-state index contributed by atoms with van der Waals surface area (Å²) in [4.78, 5) is 17.8. The fraction of sp³-hybridized carbons (Fsp3) is 0.429. The van der Waals surface area contributed by atoms with Crippen LogP contribution in [0.15, 0.2) is 18.5 Å². The predicted octanol–water partition coefficient (Wildman–Crippen LogP) is 2.55. The molecule has 7 nitrogen and oxygen atoms in total. The quantitative estimate of drug-likeness (QED) is 0.562. The SMILES string of the molecule is CCn1cc(C)nc1/C(=C\NS(=O)[O-])C(=O)Nc1c2c(cc3c1CCC3)CCC2. The van der Waals surface area contributed by atoms with E-state index >= 15 is 0 Å². The number of carbonyl (C=O) groups is 1. The second-order valence-corrected chi connectivity index (χ2v) is 8.30. The zero-order valence-electron chi connectivity index (χ0n) is 16.7. The normalized spacial score (nSPS) is 16.4. The average molecular weight is 414 g/mol. The molecule has 1 amide bonds. The maximum atomic E-state index is 13.3. The van der Waals surface area contributed by atoms with Crippen LogP contribution in [0.2, 0.25) is 0 Å². The van der Waals surface area contributed by atoms with Crippen LogP contribution in [0.3, 0.4) is 0 Å². The second kappa shape index (κ2) is 8.12. The zero-order chi connectivity index (χ0) is 20.5. The van der Waals surface area contributed by atoms with E-state index in [0.29, 0.717) is 12.4 Å². The topological polar surface area (TPSA) is 99.1 Å². The molecule has 1 aromatic carbocycles. The minimum Gasteiger partial charge on any atom is -0.755 e. The summed E-state index contributed by atoms with van der Waals surface area (Å²) in [6.07, 6.45) is 9.28. The highest BCUT2D eigenvalue weighted by atomic mass is 32.2. The molecule has 4 rings (SSSR count). The molecule has 1 heterocycles. The van der Waals surface area contributed by atoms with E-state index in [1.807, 2.05) is 24.6 Å². The van der Waals surface area contributed by atoms with Gasteiger partial charge in [0.05, 0.1) is 11.3 Å². The first-order valence-corrected chi connectivity index (χ1v) is 11.1. The fourth-order valence-corrected chi connectivity index (χ4v) is 4.70. The van der Waals surface area contributed by atoms with Gasteiger partial charge in [-0.2, -0.15) is 0 Å². The van der Waals surface area contributed by atoms with E-state index in [-0.39, 0.29) is 11.5 Å². The molecule has 1 atom stereocenters. The molecule has 2 aliphatic rings. The number of fused-ring (bicyclic) bond motifs is 2. The largest absolute Gasteiger partial charge is 0.755 e. The molecule has 29 heavy (non-hydrogen) atoms. The third kappa shape index (κ3) is 3.86. The number of imidazole rings is 1. The van der Waals surface area contributed by atoms with Gasteiger partial charge < -0.3 is 19.2 Å². The highest BCUT2D eigenvalue weighted by Gasteiger charge is 2.27. The van der Waals surface area contributed by atoms with Crippen molar-refractivity contribution in [2.45, 2.75) is 58.9 Å². The van der Waals surface area contributed by atoms with Gasteiger partial charge in [0.15, 0.2) is 0 Å². The van der Waals surface area contributed by atoms with Crippen molar-refractivity contribution < 1.29 is 13.6 Å². The lowest BCUT2D eigenvalue weighted by molar-refractivity contribution is -0.111. The Morgan fingerprint density at radius 2 is 1.90 bits per heavy atom. The van der Waals surface area contributed by atoms with Crippen molar-refractivity contribution in [2.24, 2.45) is 0 Å². The van der Waals surface area contributed by atoms with E-state index in [9.17, 15) is 13.6 Å². The Kier molecular flexibility index (Phi) is 5.56. The van der Waals surface area contributed by atoms with Gasteiger partial charge in [0.25, 0.3) is 5.91 Å². The van der Waals surface area contributed by atoms with Gasteiger partial charge in [0.2, 0.25) is 0 Å². The van der Waals surface area contributed by atoms with Crippen molar-refractivity contribution in [1.82, 2.24) is 14.3 Å². The molecule has 0 bridgehead atoms. The maximum Gasteiger partial charge on any atom is 0.260 e. The molecule has 0 aliphatic heterocycles. The Morgan fingerprint density at radius 1 is 1.24 bits per heavy atom. The number of aromatic nitrogens is 2. The molecule has 1 unspecified atom stereocenters. The van der Waals surface area contributed by atoms with E-state index in [1.54, 1.807) is 0 Å². The molecular formula is C21H25N4O3S-.